The molecule has 2 aromatic rings. The average molecular weight is 387 g/mol. The molecule has 1 saturated heterocycles. The average Bonchev–Trinajstić information content (AvgIpc) is 3.23. The highest BCUT2D eigenvalue weighted by Gasteiger charge is 2.31. The van der Waals surface area contributed by atoms with Gasteiger partial charge in [-0.15, -0.1) is 0 Å². The molecule has 0 saturated carbocycles. The van der Waals surface area contributed by atoms with Gasteiger partial charge in [0.1, 0.15) is 5.69 Å². The molecule has 2 heterocycles. The number of nitrogens with zero attached hydrogens (tertiary/aromatic N) is 3. The van der Waals surface area contributed by atoms with Crippen LogP contribution in [-0.4, -0.2) is 37.3 Å². The molecule has 4 rings (SSSR count). The van der Waals surface area contributed by atoms with E-state index in [0.717, 1.165) is 24.8 Å². The molecule has 0 aromatic heterocycles. The van der Waals surface area contributed by atoms with E-state index in [1.165, 1.54) is 22.0 Å². The number of nitro benzene ring substituents is 1. The number of fused-ring (bicyclic) bond motifs is 1. The monoisotopic (exact) mass is 387 g/mol. The Morgan fingerprint density at radius 2 is 1.67 bits per heavy atom. The fraction of sp³-hybridized carbons (Fsp3) is 0.368. The van der Waals surface area contributed by atoms with Crippen molar-refractivity contribution in [3.05, 3.63) is 63.7 Å². The largest absolute Gasteiger partial charge is 0.361 e. The molecule has 1 fully saturated rings. The predicted octanol–water partition coefficient (Wildman–Crippen LogP) is 2.94. The Balaban J connectivity index is 1.69. The number of nitro groups is 1. The molecule has 0 aliphatic carbocycles. The zero-order valence-electron chi connectivity index (χ0n) is 14.9. The third-order valence-corrected chi connectivity index (χ3v) is 7.21. The molecule has 0 radical (unpaired) electrons. The molecule has 0 amide bonds. The van der Waals surface area contributed by atoms with Crippen LogP contribution in [0.2, 0.25) is 0 Å². The summed E-state index contributed by atoms with van der Waals surface area (Å²) in [6, 6.07) is 12.3. The van der Waals surface area contributed by atoms with Crippen LogP contribution in [-0.2, 0) is 23.0 Å². The van der Waals surface area contributed by atoms with Crippen molar-refractivity contribution in [3.8, 4) is 0 Å². The minimum atomic E-state index is -3.68. The Labute approximate surface area is 158 Å². The molecule has 0 N–H and O–H groups in total. The molecular formula is C19H21N3O4S. The van der Waals surface area contributed by atoms with E-state index in [1.807, 2.05) is 23.1 Å². The van der Waals surface area contributed by atoms with Crippen LogP contribution >= 0.6 is 0 Å². The van der Waals surface area contributed by atoms with Crippen LogP contribution in [0.3, 0.4) is 0 Å². The topological polar surface area (TPSA) is 83.8 Å². The summed E-state index contributed by atoms with van der Waals surface area (Å²) in [4.78, 5) is 13.1. The molecule has 142 valence electrons. The van der Waals surface area contributed by atoms with Crippen molar-refractivity contribution in [3.63, 3.8) is 0 Å². The summed E-state index contributed by atoms with van der Waals surface area (Å²) in [6.45, 7) is 2.19. The van der Waals surface area contributed by atoms with Gasteiger partial charge in [0.15, 0.2) is 0 Å². The van der Waals surface area contributed by atoms with Crippen molar-refractivity contribution in [2.45, 2.75) is 30.7 Å². The number of anilines is 1. The van der Waals surface area contributed by atoms with Crippen LogP contribution in [0.5, 0.6) is 0 Å². The summed E-state index contributed by atoms with van der Waals surface area (Å²) in [5.74, 6) is 0. The van der Waals surface area contributed by atoms with Crippen LogP contribution < -0.4 is 4.90 Å². The molecule has 8 heteroatoms. The van der Waals surface area contributed by atoms with E-state index in [0.29, 0.717) is 31.9 Å². The third kappa shape index (κ3) is 3.30. The van der Waals surface area contributed by atoms with Gasteiger partial charge < -0.3 is 4.90 Å². The second-order valence-electron chi connectivity index (χ2n) is 6.96. The first kappa shape index (κ1) is 17.9. The van der Waals surface area contributed by atoms with Gasteiger partial charge in [-0.05, 0) is 42.5 Å². The van der Waals surface area contributed by atoms with E-state index in [-0.39, 0.29) is 10.6 Å². The van der Waals surface area contributed by atoms with Gasteiger partial charge in [-0.1, -0.05) is 24.3 Å². The molecule has 0 spiro atoms. The molecule has 2 aromatic carbocycles. The first-order valence-electron chi connectivity index (χ1n) is 9.07. The Hall–Kier alpha value is -2.45. The van der Waals surface area contributed by atoms with E-state index in [9.17, 15) is 18.5 Å². The van der Waals surface area contributed by atoms with Crippen molar-refractivity contribution in [2.75, 3.05) is 24.5 Å². The molecular weight excluding hydrogens is 366 g/mol. The van der Waals surface area contributed by atoms with E-state index in [1.54, 1.807) is 6.07 Å². The van der Waals surface area contributed by atoms with Crippen molar-refractivity contribution >= 4 is 21.4 Å². The summed E-state index contributed by atoms with van der Waals surface area (Å²) in [7, 11) is -3.68. The van der Waals surface area contributed by atoms with Gasteiger partial charge in [0.25, 0.3) is 5.69 Å². The normalized spacial score (nSPS) is 17.7. The zero-order valence-corrected chi connectivity index (χ0v) is 15.7. The molecule has 7 nitrogen and oxygen atoms in total. The van der Waals surface area contributed by atoms with Crippen LogP contribution in [0.25, 0.3) is 0 Å². The molecule has 27 heavy (non-hydrogen) atoms. The van der Waals surface area contributed by atoms with Crippen molar-refractivity contribution in [1.82, 2.24) is 4.31 Å². The second-order valence-corrected chi connectivity index (χ2v) is 8.90. The maximum absolute atomic E-state index is 12.8. The highest BCUT2D eigenvalue weighted by atomic mass is 32.2. The number of hydrogen-bond acceptors (Lipinski definition) is 5. The smallest absolute Gasteiger partial charge is 0.293 e. The van der Waals surface area contributed by atoms with Crippen molar-refractivity contribution < 1.29 is 13.3 Å². The Morgan fingerprint density at radius 3 is 2.37 bits per heavy atom. The first-order chi connectivity index (χ1) is 13.0. The summed E-state index contributed by atoms with van der Waals surface area (Å²) in [6.07, 6.45) is 2.46. The quantitative estimate of drug-likeness (QED) is 0.595. The summed E-state index contributed by atoms with van der Waals surface area (Å²) < 4.78 is 26.9. The van der Waals surface area contributed by atoms with E-state index < -0.39 is 14.9 Å². The molecule has 0 bridgehead atoms. The van der Waals surface area contributed by atoms with Gasteiger partial charge in [0.05, 0.1) is 9.82 Å². The Bertz CT molecular complexity index is 984. The van der Waals surface area contributed by atoms with Gasteiger partial charge in [-0.3, -0.25) is 10.1 Å². The lowest BCUT2D eigenvalue weighted by molar-refractivity contribution is -0.384. The third-order valence-electron chi connectivity index (χ3n) is 5.32. The predicted molar refractivity (Wildman–Crippen MR) is 102 cm³/mol. The summed E-state index contributed by atoms with van der Waals surface area (Å²) in [5, 5.41) is 11.7. The van der Waals surface area contributed by atoms with Gasteiger partial charge >= 0.3 is 0 Å². The minimum Gasteiger partial charge on any atom is -0.361 e. The zero-order chi connectivity index (χ0) is 19.0. The number of sulfonamides is 1. The highest BCUT2D eigenvalue weighted by Crippen LogP contribution is 2.35. The Kier molecular flexibility index (Phi) is 4.61. The minimum absolute atomic E-state index is 0.00254. The fourth-order valence-electron chi connectivity index (χ4n) is 3.86. The van der Waals surface area contributed by atoms with Crippen LogP contribution in [0.15, 0.2) is 47.4 Å². The first-order valence-corrected chi connectivity index (χ1v) is 10.5. The van der Waals surface area contributed by atoms with Gasteiger partial charge in [0.2, 0.25) is 10.0 Å². The molecule has 0 unspecified atom stereocenters. The SMILES string of the molecule is O=[N+]([O-])c1cc(S(=O)(=O)N2CCCC2)ccc1N1CCc2ccccc2C1. The fourth-order valence-corrected chi connectivity index (χ4v) is 5.39. The summed E-state index contributed by atoms with van der Waals surface area (Å²) in [5.41, 5.74) is 2.71. The number of rotatable bonds is 4. The van der Waals surface area contributed by atoms with E-state index in [4.69, 9.17) is 0 Å². The lowest BCUT2D eigenvalue weighted by Crippen LogP contribution is -2.31. The van der Waals surface area contributed by atoms with Crippen molar-refractivity contribution in [2.24, 2.45) is 0 Å². The van der Waals surface area contributed by atoms with Gasteiger partial charge in [-0.25, -0.2) is 8.42 Å². The van der Waals surface area contributed by atoms with Crippen LogP contribution in [0.4, 0.5) is 11.4 Å². The lowest BCUT2D eigenvalue weighted by atomic mass is 9.99. The number of hydrogen-bond donors (Lipinski definition) is 0. The van der Waals surface area contributed by atoms with E-state index in [2.05, 4.69) is 6.07 Å². The van der Waals surface area contributed by atoms with Crippen LogP contribution in [0, 0.1) is 10.1 Å². The van der Waals surface area contributed by atoms with Gasteiger partial charge in [0, 0.05) is 32.2 Å². The van der Waals surface area contributed by atoms with Crippen LogP contribution in [0.1, 0.15) is 24.0 Å². The van der Waals surface area contributed by atoms with Crippen molar-refractivity contribution in [1.29, 1.82) is 0 Å². The standard InChI is InChI=1S/C19H21N3O4S/c23-22(24)19-13-17(27(25,26)21-10-3-4-11-21)7-8-18(19)20-12-9-15-5-1-2-6-16(15)14-20/h1-2,5-8,13H,3-4,9-12,14H2. The number of benzene rings is 2. The maximum atomic E-state index is 12.8. The molecule has 0 atom stereocenters. The lowest BCUT2D eigenvalue weighted by Gasteiger charge is -2.30. The van der Waals surface area contributed by atoms with E-state index >= 15 is 0 Å². The maximum Gasteiger partial charge on any atom is 0.293 e. The highest BCUT2D eigenvalue weighted by molar-refractivity contribution is 7.89. The Morgan fingerprint density at radius 1 is 0.963 bits per heavy atom. The summed E-state index contributed by atoms with van der Waals surface area (Å²) >= 11 is 0. The van der Waals surface area contributed by atoms with Gasteiger partial charge in [-0.2, -0.15) is 4.31 Å². The second kappa shape index (κ2) is 6.94. The molecule has 2 aliphatic heterocycles. The molecule has 2 aliphatic rings.